The minimum atomic E-state index is -0.747. The standard InChI is InChI=1S/C22H26F2N2O2S/c1-3-12-25-22(28)16(2)26(13-17-8-4-6-10-19(17)23)21(27)15-29-14-18-9-5-7-11-20(18)24/h4-11,16H,3,12-15H2,1-2H3,(H,25,28)/t16-/m0/s1. The van der Waals surface area contributed by atoms with Gasteiger partial charge >= 0.3 is 0 Å². The molecule has 0 aliphatic carbocycles. The first kappa shape index (κ1) is 22.9. The zero-order chi connectivity index (χ0) is 21.2. The molecule has 0 saturated carbocycles. The number of carbonyl (C=O) groups is 2. The largest absolute Gasteiger partial charge is 0.354 e. The van der Waals surface area contributed by atoms with Gasteiger partial charge in [-0.25, -0.2) is 8.78 Å². The van der Waals surface area contributed by atoms with Crippen LogP contribution in [0.1, 0.15) is 31.4 Å². The summed E-state index contributed by atoms with van der Waals surface area (Å²) in [5, 5.41) is 2.77. The molecular weight excluding hydrogens is 394 g/mol. The second kappa shape index (κ2) is 11.6. The Kier molecular flexibility index (Phi) is 9.12. The zero-order valence-corrected chi connectivity index (χ0v) is 17.5. The third-order valence-electron chi connectivity index (χ3n) is 4.46. The van der Waals surface area contributed by atoms with Gasteiger partial charge in [-0.1, -0.05) is 43.3 Å². The predicted octanol–water partition coefficient (Wildman–Crippen LogP) is 4.14. The van der Waals surface area contributed by atoms with Crippen molar-refractivity contribution in [3.63, 3.8) is 0 Å². The molecule has 4 nitrogen and oxygen atoms in total. The smallest absolute Gasteiger partial charge is 0.242 e. The lowest BCUT2D eigenvalue weighted by atomic mass is 10.1. The molecule has 7 heteroatoms. The van der Waals surface area contributed by atoms with Crippen LogP contribution in [-0.2, 0) is 21.9 Å². The van der Waals surface area contributed by atoms with Gasteiger partial charge in [0.05, 0.1) is 5.75 Å². The molecule has 1 N–H and O–H groups in total. The number of amides is 2. The Labute approximate surface area is 174 Å². The quantitative estimate of drug-likeness (QED) is 0.628. The van der Waals surface area contributed by atoms with Crippen molar-refractivity contribution in [2.45, 2.75) is 38.6 Å². The van der Waals surface area contributed by atoms with Crippen molar-refractivity contribution >= 4 is 23.6 Å². The highest BCUT2D eigenvalue weighted by atomic mass is 32.2. The van der Waals surface area contributed by atoms with Gasteiger partial charge in [-0.2, -0.15) is 0 Å². The summed E-state index contributed by atoms with van der Waals surface area (Å²) in [7, 11) is 0. The van der Waals surface area contributed by atoms with Crippen molar-refractivity contribution < 1.29 is 18.4 Å². The maximum Gasteiger partial charge on any atom is 0.242 e. The molecule has 2 aromatic rings. The van der Waals surface area contributed by atoms with Crippen LogP contribution in [0.4, 0.5) is 8.78 Å². The molecule has 0 spiro atoms. The summed E-state index contributed by atoms with van der Waals surface area (Å²) in [5.74, 6) is -0.922. The highest BCUT2D eigenvalue weighted by Crippen LogP contribution is 2.18. The monoisotopic (exact) mass is 420 g/mol. The van der Waals surface area contributed by atoms with Gasteiger partial charge < -0.3 is 10.2 Å². The van der Waals surface area contributed by atoms with Crippen LogP contribution in [0.15, 0.2) is 48.5 Å². The average Bonchev–Trinajstić information content (AvgIpc) is 2.72. The lowest BCUT2D eigenvalue weighted by Crippen LogP contribution is -2.48. The Bertz CT molecular complexity index is 832. The van der Waals surface area contributed by atoms with E-state index in [1.54, 1.807) is 43.3 Å². The summed E-state index contributed by atoms with van der Waals surface area (Å²) in [6.45, 7) is 4.07. The molecule has 0 unspecified atom stereocenters. The highest BCUT2D eigenvalue weighted by molar-refractivity contribution is 7.99. The van der Waals surface area contributed by atoms with Crippen LogP contribution in [-0.4, -0.2) is 35.1 Å². The van der Waals surface area contributed by atoms with E-state index in [4.69, 9.17) is 0 Å². The van der Waals surface area contributed by atoms with Gasteiger partial charge in [0.15, 0.2) is 0 Å². The van der Waals surface area contributed by atoms with E-state index in [1.165, 1.54) is 28.8 Å². The molecule has 2 aromatic carbocycles. The third kappa shape index (κ3) is 6.85. The van der Waals surface area contributed by atoms with Crippen LogP contribution >= 0.6 is 11.8 Å². The zero-order valence-electron chi connectivity index (χ0n) is 16.7. The Morgan fingerprint density at radius 3 is 2.21 bits per heavy atom. The van der Waals surface area contributed by atoms with Crippen LogP contribution < -0.4 is 5.32 Å². The van der Waals surface area contributed by atoms with E-state index in [1.807, 2.05) is 6.92 Å². The van der Waals surface area contributed by atoms with Gasteiger partial charge in [0.1, 0.15) is 17.7 Å². The lowest BCUT2D eigenvalue weighted by Gasteiger charge is -2.29. The number of nitrogens with one attached hydrogen (secondary N) is 1. The first-order chi connectivity index (χ1) is 13.9. The summed E-state index contributed by atoms with van der Waals surface area (Å²) in [6, 6.07) is 11.8. The molecule has 0 heterocycles. The lowest BCUT2D eigenvalue weighted by molar-refractivity contribution is -0.138. The molecule has 29 heavy (non-hydrogen) atoms. The number of nitrogens with zero attached hydrogens (tertiary/aromatic N) is 1. The Hall–Kier alpha value is -2.41. The number of benzene rings is 2. The van der Waals surface area contributed by atoms with E-state index in [0.717, 1.165) is 6.42 Å². The minimum absolute atomic E-state index is 0.00746. The number of halogens is 2. The van der Waals surface area contributed by atoms with Crippen molar-refractivity contribution in [1.82, 2.24) is 10.2 Å². The van der Waals surface area contributed by atoms with E-state index in [0.29, 0.717) is 23.4 Å². The van der Waals surface area contributed by atoms with E-state index in [9.17, 15) is 18.4 Å². The van der Waals surface area contributed by atoms with Crippen molar-refractivity contribution in [1.29, 1.82) is 0 Å². The van der Waals surface area contributed by atoms with Crippen molar-refractivity contribution in [3.05, 3.63) is 71.3 Å². The van der Waals surface area contributed by atoms with E-state index < -0.39 is 11.9 Å². The number of hydrogen-bond donors (Lipinski definition) is 1. The normalized spacial score (nSPS) is 11.7. The molecule has 0 saturated heterocycles. The molecule has 0 aliphatic rings. The van der Waals surface area contributed by atoms with Gasteiger partial charge in [-0.15, -0.1) is 11.8 Å². The number of rotatable bonds is 10. The van der Waals surface area contributed by atoms with Gasteiger partial charge in [-0.3, -0.25) is 9.59 Å². The van der Waals surface area contributed by atoms with E-state index >= 15 is 0 Å². The number of carbonyl (C=O) groups excluding carboxylic acids is 2. The molecular formula is C22H26F2N2O2S. The summed E-state index contributed by atoms with van der Waals surface area (Å²) >= 11 is 1.26. The Morgan fingerprint density at radius 1 is 1.03 bits per heavy atom. The van der Waals surface area contributed by atoms with Crippen LogP contribution in [0.2, 0.25) is 0 Å². The van der Waals surface area contributed by atoms with Crippen molar-refractivity contribution in [2.75, 3.05) is 12.3 Å². The van der Waals surface area contributed by atoms with Crippen LogP contribution in [0, 0.1) is 11.6 Å². The first-order valence-corrected chi connectivity index (χ1v) is 10.7. The molecule has 0 aliphatic heterocycles. The van der Waals surface area contributed by atoms with Crippen LogP contribution in [0.3, 0.4) is 0 Å². The molecule has 2 amide bonds. The molecule has 0 bridgehead atoms. The molecule has 0 aromatic heterocycles. The number of hydrogen-bond acceptors (Lipinski definition) is 3. The van der Waals surface area contributed by atoms with Crippen LogP contribution in [0.25, 0.3) is 0 Å². The molecule has 0 radical (unpaired) electrons. The van der Waals surface area contributed by atoms with E-state index in [-0.39, 0.29) is 29.9 Å². The maximum absolute atomic E-state index is 14.1. The fourth-order valence-electron chi connectivity index (χ4n) is 2.74. The summed E-state index contributed by atoms with van der Waals surface area (Å²) in [5.41, 5.74) is 0.856. The molecule has 1 atom stereocenters. The molecule has 0 fully saturated rings. The fourth-order valence-corrected chi connectivity index (χ4v) is 3.63. The summed E-state index contributed by atoms with van der Waals surface area (Å²) in [6.07, 6.45) is 0.776. The number of thioether (sulfide) groups is 1. The van der Waals surface area contributed by atoms with Crippen LogP contribution in [0.5, 0.6) is 0 Å². The van der Waals surface area contributed by atoms with Gasteiger partial charge in [0.25, 0.3) is 0 Å². The fraction of sp³-hybridized carbons (Fsp3) is 0.364. The van der Waals surface area contributed by atoms with E-state index in [2.05, 4.69) is 5.32 Å². The minimum Gasteiger partial charge on any atom is -0.354 e. The topological polar surface area (TPSA) is 49.4 Å². The summed E-state index contributed by atoms with van der Waals surface area (Å²) < 4.78 is 27.9. The maximum atomic E-state index is 14.1. The van der Waals surface area contributed by atoms with Gasteiger partial charge in [-0.05, 0) is 31.0 Å². The molecule has 2 rings (SSSR count). The Balaban J connectivity index is 2.08. The Morgan fingerprint density at radius 2 is 1.62 bits per heavy atom. The molecule has 156 valence electrons. The SMILES string of the molecule is CCCNC(=O)[C@H](C)N(Cc1ccccc1F)C(=O)CSCc1ccccc1F. The van der Waals surface area contributed by atoms with Crippen molar-refractivity contribution in [3.8, 4) is 0 Å². The van der Waals surface area contributed by atoms with Crippen molar-refractivity contribution in [2.24, 2.45) is 0 Å². The average molecular weight is 421 g/mol. The van der Waals surface area contributed by atoms with Gasteiger partial charge in [0.2, 0.25) is 11.8 Å². The van der Waals surface area contributed by atoms with Gasteiger partial charge in [0, 0.05) is 24.4 Å². The first-order valence-electron chi connectivity index (χ1n) is 9.55. The summed E-state index contributed by atoms with van der Waals surface area (Å²) in [4.78, 5) is 26.6. The second-order valence-corrected chi connectivity index (χ2v) is 7.65. The second-order valence-electron chi connectivity index (χ2n) is 6.66. The third-order valence-corrected chi connectivity index (χ3v) is 5.42. The highest BCUT2D eigenvalue weighted by Gasteiger charge is 2.26. The predicted molar refractivity (Wildman–Crippen MR) is 112 cm³/mol.